The van der Waals surface area contributed by atoms with Crippen LogP contribution in [0.2, 0.25) is 0 Å². The molecule has 0 fully saturated rings. The van der Waals surface area contributed by atoms with Gasteiger partial charge in [0.05, 0.1) is 0 Å². The van der Waals surface area contributed by atoms with E-state index < -0.39 is 0 Å². The van der Waals surface area contributed by atoms with E-state index in [4.69, 9.17) is 0 Å². The summed E-state index contributed by atoms with van der Waals surface area (Å²) >= 11 is 3.54. The third-order valence-corrected chi connectivity index (χ3v) is 5.06. The lowest BCUT2D eigenvalue weighted by molar-refractivity contribution is 0.385. The Bertz CT molecular complexity index is 626. The summed E-state index contributed by atoms with van der Waals surface area (Å²) < 4.78 is 3.73. The zero-order chi connectivity index (χ0) is 15.5. The average Bonchev–Trinajstić information content (AvgIpc) is 2.87. The second-order valence-electron chi connectivity index (χ2n) is 6.52. The van der Waals surface area contributed by atoms with E-state index in [2.05, 4.69) is 69.8 Å². The quantitative estimate of drug-likeness (QED) is 0.746. The van der Waals surface area contributed by atoms with Crippen molar-refractivity contribution < 1.29 is 0 Å². The van der Waals surface area contributed by atoms with Gasteiger partial charge in [-0.3, -0.25) is 0 Å². The van der Waals surface area contributed by atoms with E-state index in [1.807, 2.05) is 0 Å². The molecule has 0 saturated heterocycles. The molecule has 22 heavy (non-hydrogen) atoms. The van der Waals surface area contributed by atoms with Crippen LogP contribution in [0.3, 0.4) is 0 Å². The van der Waals surface area contributed by atoms with Gasteiger partial charge >= 0.3 is 0 Å². The van der Waals surface area contributed by atoms with Gasteiger partial charge in [0.2, 0.25) is 0 Å². The van der Waals surface area contributed by atoms with E-state index in [9.17, 15) is 0 Å². The second-order valence-corrected chi connectivity index (χ2v) is 7.44. The predicted octanol–water partition coefficient (Wildman–Crippen LogP) is 4.75. The van der Waals surface area contributed by atoms with E-state index in [1.54, 1.807) is 11.3 Å². The summed E-state index contributed by atoms with van der Waals surface area (Å²) in [7, 11) is 4.31. The molecule has 2 aromatic rings. The van der Waals surface area contributed by atoms with Gasteiger partial charge in [-0.15, -0.1) is 0 Å². The largest absolute Gasteiger partial charge is 0.344 e. The molecule has 0 atom stereocenters. The number of fused-ring (bicyclic) bond motifs is 1. The maximum atomic E-state index is 3.54. The molecule has 0 radical (unpaired) electrons. The highest BCUT2D eigenvalue weighted by atomic mass is 79.9. The van der Waals surface area contributed by atoms with Gasteiger partial charge in [0.25, 0.3) is 0 Å². The van der Waals surface area contributed by atoms with Gasteiger partial charge in [-0.25, -0.2) is 0 Å². The molecule has 1 aromatic carbocycles. The molecule has 0 N–H and O–H groups in total. The van der Waals surface area contributed by atoms with Crippen molar-refractivity contribution in [2.24, 2.45) is 0 Å². The van der Waals surface area contributed by atoms with Crippen molar-refractivity contribution in [3.8, 4) is 11.3 Å². The fraction of sp³-hybridized carbons (Fsp3) is 0.474. The van der Waals surface area contributed by atoms with Crippen LogP contribution in [0.4, 0.5) is 0 Å². The van der Waals surface area contributed by atoms with Gasteiger partial charge in [-0.1, -0.05) is 28.1 Å². The molecule has 0 amide bonds. The molecule has 1 heterocycles. The summed E-state index contributed by atoms with van der Waals surface area (Å²) in [4.78, 5) is 2.27. The number of halogens is 1. The number of hydrogen-bond donors (Lipinski definition) is 0. The zero-order valence-corrected chi connectivity index (χ0v) is 15.2. The summed E-state index contributed by atoms with van der Waals surface area (Å²) in [6.45, 7) is 2.27. The standard InChI is InChI=1S/C19H25BrN2/c1-21(2)12-5-13-22-18-7-4-3-6-16(18)14-19(22)15-8-10-17(20)11-9-15/h8-11,14H,3-7,12-13H2,1-2H3. The molecule has 2 nitrogen and oxygen atoms in total. The number of hydrogen-bond acceptors (Lipinski definition) is 1. The number of benzene rings is 1. The summed E-state index contributed by atoms with van der Waals surface area (Å²) in [5.41, 5.74) is 5.90. The highest BCUT2D eigenvalue weighted by Crippen LogP contribution is 2.32. The van der Waals surface area contributed by atoms with Crippen LogP contribution >= 0.6 is 15.9 Å². The molecule has 0 unspecified atom stereocenters. The van der Waals surface area contributed by atoms with Crippen LogP contribution in [0, 0.1) is 0 Å². The van der Waals surface area contributed by atoms with E-state index in [-0.39, 0.29) is 0 Å². The molecule has 1 aliphatic carbocycles. The Labute approximate surface area is 142 Å². The second kappa shape index (κ2) is 7.01. The van der Waals surface area contributed by atoms with Crippen LogP contribution in [0.25, 0.3) is 11.3 Å². The molecule has 1 aliphatic rings. The first-order chi connectivity index (χ1) is 10.6. The fourth-order valence-electron chi connectivity index (χ4n) is 3.43. The summed E-state index contributed by atoms with van der Waals surface area (Å²) in [5, 5.41) is 0. The first-order valence-electron chi connectivity index (χ1n) is 8.27. The van der Waals surface area contributed by atoms with Crippen molar-refractivity contribution in [1.82, 2.24) is 9.47 Å². The normalized spacial score (nSPS) is 14.4. The smallest absolute Gasteiger partial charge is 0.0485 e. The Balaban J connectivity index is 1.93. The highest BCUT2D eigenvalue weighted by Gasteiger charge is 2.18. The minimum Gasteiger partial charge on any atom is -0.344 e. The molecule has 3 heteroatoms. The molecule has 1 aromatic heterocycles. The molecule has 3 rings (SSSR count). The summed E-state index contributed by atoms with van der Waals surface area (Å²) in [6, 6.07) is 11.2. The van der Waals surface area contributed by atoms with Gasteiger partial charge in [-0.2, -0.15) is 0 Å². The first-order valence-corrected chi connectivity index (χ1v) is 9.06. The number of rotatable bonds is 5. The average molecular weight is 361 g/mol. The van der Waals surface area contributed by atoms with Crippen molar-refractivity contribution >= 4 is 15.9 Å². The van der Waals surface area contributed by atoms with Crippen LogP contribution < -0.4 is 0 Å². The van der Waals surface area contributed by atoms with Crippen LogP contribution in [-0.2, 0) is 19.4 Å². The Morgan fingerprint density at radius 3 is 2.55 bits per heavy atom. The Morgan fingerprint density at radius 2 is 1.82 bits per heavy atom. The third-order valence-electron chi connectivity index (χ3n) is 4.53. The zero-order valence-electron chi connectivity index (χ0n) is 13.6. The highest BCUT2D eigenvalue weighted by molar-refractivity contribution is 9.10. The van der Waals surface area contributed by atoms with Crippen LogP contribution in [0.1, 0.15) is 30.5 Å². The molecular formula is C19H25BrN2. The SMILES string of the molecule is CN(C)CCCn1c(-c2ccc(Br)cc2)cc2c1CCCC2. The lowest BCUT2D eigenvalue weighted by Gasteiger charge is -2.18. The maximum Gasteiger partial charge on any atom is 0.0485 e. The lowest BCUT2D eigenvalue weighted by Crippen LogP contribution is -2.17. The summed E-state index contributed by atoms with van der Waals surface area (Å²) in [6.07, 6.45) is 6.38. The van der Waals surface area contributed by atoms with Crippen molar-refractivity contribution in [2.45, 2.75) is 38.6 Å². The molecule has 0 bridgehead atoms. The van der Waals surface area contributed by atoms with Crippen LogP contribution in [-0.4, -0.2) is 30.1 Å². The number of nitrogens with zero attached hydrogens (tertiary/aromatic N) is 2. The number of aromatic nitrogens is 1. The topological polar surface area (TPSA) is 8.17 Å². The minimum absolute atomic E-state index is 1.12. The Hall–Kier alpha value is -1.06. The van der Waals surface area contributed by atoms with Gasteiger partial charge in [0.15, 0.2) is 0 Å². The fourth-order valence-corrected chi connectivity index (χ4v) is 3.69. The Kier molecular flexibility index (Phi) is 5.04. The van der Waals surface area contributed by atoms with Crippen molar-refractivity contribution in [3.05, 3.63) is 46.1 Å². The first kappa shape index (κ1) is 15.8. The molecule has 118 valence electrons. The third kappa shape index (κ3) is 3.47. The monoisotopic (exact) mass is 360 g/mol. The number of aryl methyl sites for hydroxylation is 1. The van der Waals surface area contributed by atoms with Gasteiger partial charge in [-0.05, 0) is 82.1 Å². The predicted molar refractivity (Wildman–Crippen MR) is 97.4 cm³/mol. The maximum absolute atomic E-state index is 3.54. The van der Waals surface area contributed by atoms with Crippen molar-refractivity contribution in [2.75, 3.05) is 20.6 Å². The Morgan fingerprint density at radius 1 is 1.09 bits per heavy atom. The molecule has 0 spiro atoms. The lowest BCUT2D eigenvalue weighted by atomic mass is 9.98. The molecule has 0 saturated carbocycles. The van der Waals surface area contributed by atoms with Gasteiger partial charge in [0, 0.05) is 22.4 Å². The van der Waals surface area contributed by atoms with Crippen molar-refractivity contribution in [1.29, 1.82) is 0 Å². The molecule has 0 aliphatic heterocycles. The van der Waals surface area contributed by atoms with Gasteiger partial charge < -0.3 is 9.47 Å². The molecular weight excluding hydrogens is 336 g/mol. The van der Waals surface area contributed by atoms with E-state index in [0.29, 0.717) is 0 Å². The summed E-state index contributed by atoms with van der Waals surface area (Å²) in [5.74, 6) is 0. The minimum atomic E-state index is 1.12. The van der Waals surface area contributed by atoms with Crippen LogP contribution in [0.15, 0.2) is 34.8 Å². The van der Waals surface area contributed by atoms with E-state index in [0.717, 1.165) is 17.6 Å². The van der Waals surface area contributed by atoms with Gasteiger partial charge in [0.1, 0.15) is 0 Å². The van der Waals surface area contributed by atoms with Crippen molar-refractivity contribution in [3.63, 3.8) is 0 Å². The van der Waals surface area contributed by atoms with Crippen LogP contribution in [0.5, 0.6) is 0 Å². The van der Waals surface area contributed by atoms with E-state index in [1.165, 1.54) is 43.4 Å². The van der Waals surface area contributed by atoms with E-state index >= 15 is 0 Å².